The Morgan fingerprint density at radius 2 is 1.83 bits per heavy atom. The van der Waals surface area contributed by atoms with Crippen LogP contribution in [0.5, 0.6) is 0 Å². The molecule has 0 heterocycles. The van der Waals surface area contributed by atoms with Crippen molar-refractivity contribution in [1.29, 1.82) is 0 Å². The van der Waals surface area contributed by atoms with Crippen molar-refractivity contribution < 1.29 is 13.2 Å². The molecule has 1 N–H and O–H groups in total. The lowest BCUT2D eigenvalue weighted by Crippen LogP contribution is -2.31. The van der Waals surface area contributed by atoms with E-state index in [2.05, 4.69) is 10.2 Å². The first-order chi connectivity index (χ1) is 8.47. The SMILES string of the molecule is CN(CCCNCC(F)(F)F)Cc1ccccc1. The summed E-state index contributed by atoms with van der Waals surface area (Å²) < 4.78 is 35.6. The summed E-state index contributed by atoms with van der Waals surface area (Å²) in [5.74, 6) is 0. The summed E-state index contributed by atoms with van der Waals surface area (Å²) in [6, 6.07) is 10.0. The van der Waals surface area contributed by atoms with Gasteiger partial charge in [-0.05, 0) is 32.1 Å². The third-order valence-electron chi connectivity index (χ3n) is 2.51. The van der Waals surface area contributed by atoms with Crippen LogP contribution < -0.4 is 5.32 Å². The van der Waals surface area contributed by atoms with E-state index in [4.69, 9.17) is 0 Å². The van der Waals surface area contributed by atoms with E-state index in [9.17, 15) is 13.2 Å². The summed E-state index contributed by atoms with van der Waals surface area (Å²) in [5.41, 5.74) is 1.21. The van der Waals surface area contributed by atoms with Crippen molar-refractivity contribution in [2.75, 3.05) is 26.7 Å². The molecule has 5 heteroatoms. The van der Waals surface area contributed by atoms with E-state index in [-0.39, 0.29) is 0 Å². The van der Waals surface area contributed by atoms with Gasteiger partial charge < -0.3 is 10.2 Å². The highest BCUT2D eigenvalue weighted by Crippen LogP contribution is 2.12. The summed E-state index contributed by atoms with van der Waals surface area (Å²) in [4.78, 5) is 2.10. The highest BCUT2D eigenvalue weighted by atomic mass is 19.4. The maximum absolute atomic E-state index is 11.9. The molecule has 0 aliphatic rings. The minimum atomic E-state index is -4.12. The zero-order valence-electron chi connectivity index (χ0n) is 10.5. The van der Waals surface area contributed by atoms with Crippen LogP contribution in [-0.2, 0) is 6.54 Å². The van der Waals surface area contributed by atoms with Crippen LogP contribution in [0, 0.1) is 0 Å². The molecule has 0 atom stereocenters. The Bertz CT molecular complexity index is 325. The number of benzene rings is 1. The Morgan fingerprint density at radius 3 is 2.44 bits per heavy atom. The first-order valence-corrected chi connectivity index (χ1v) is 5.97. The second-order valence-electron chi connectivity index (χ2n) is 4.37. The van der Waals surface area contributed by atoms with Crippen molar-refractivity contribution in [3.8, 4) is 0 Å². The third-order valence-corrected chi connectivity index (χ3v) is 2.51. The molecule has 0 aliphatic heterocycles. The van der Waals surface area contributed by atoms with Gasteiger partial charge in [0.05, 0.1) is 6.54 Å². The van der Waals surface area contributed by atoms with Crippen LogP contribution in [0.25, 0.3) is 0 Å². The lowest BCUT2D eigenvalue weighted by molar-refractivity contribution is -0.124. The van der Waals surface area contributed by atoms with Crippen LogP contribution in [0.1, 0.15) is 12.0 Å². The first kappa shape index (κ1) is 15.0. The number of rotatable bonds is 7. The molecule has 0 amide bonds. The number of hydrogen-bond acceptors (Lipinski definition) is 2. The van der Waals surface area contributed by atoms with Gasteiger partial charge in [-0.2, -0.15) is 13.2 Å². The number of nitrogens with one attached hydrogen (secondary N) is 1. The van der Waals surface area contributed by atoms with Crippen LogP contribution in [0.3, 0.4) is 0 Å². The van der Waals surface area contributed by atoms with Gasteiger partial charge in [0.15, 0.2) is 0 Å². The largest absolute Gasteiger partial charge is 0.401 e. The van der Waals surface area contributed by atoms with Gasteiger partial charge in [-0.25, -0.2) is 0 Å². The van der Waals surface area contributed by atoms with Crippen molar-refractivity contribution in [3.05, 3.63) is 35.9 Å². The molecule has 0 unspecified atom stereocenters. The van der Waals surface area contributed by atoms with Gasteiger partial charge in [-0.1, -0.05) is 30.3 Å². The predicted molar refractivity (Wildman–Crippen MR) is 66.3 cm³/mol. The number of halogens is 3. The van der Waals surface area contributed by atoms with Gasteiger partial charge in [0.2, 0.25) is 0 Å². The molecule has 0 radical (unpaired) electrons. The van der Waals surface area contributed by atoms with Crippen molar-refractivity contribution in [2.24, 2.45) is 0 Å². The summed E-state index contributed by atoms with van der Waals surface area (Å²) >= 11 is 0. The smallest absolute Gasteiger partial charge is 0.309 e. The Morgan fingerprint density at radius 1 is 1.17 bits per heavy atom. The fourth-order valence-electron chi connectivity index (χ4n) is 1.68. The van der Waals surface area contributed by atoms with E-state index < -0.39 is 12.7 Å². The fourth-order valence-corrected chi connectivity index (χ4v) is 1.68. The Labute approximate surface area is 106 Å². The van der Waals surface area contributed by atoms with Crippen LogP contribution in [0.15, 0.2) is 30.3 Å². The quantitative estimate of drug-likeness (QED) is 0.758. The van der Waals surface area contributed by atoms with Crippen molar-refractivity contribution in [3.63, 3.8) is 0 Å². The second kappa shape index (κ2) is 7.38. The maximum Gasteiger partial charge on any atom is 0.401 e. The molecule has 0 saturated heterocycles. The number of nitrogens with zero attached hydrogens (tertiary/aromatic N) is 1. The zero-order chi connectivity index (χ0) is 13.4. The molecule has 0 saturated carbocycles. The zero-order valence-corrected chi connectivity index (χ0v) is 10.5. The molecule has 102 valence electrons. The summed E-state index contributed by atoms with van der Waals surface area (Å²) in [6.07, 6.45) is -3.41. The summed E-state index contributed by atoms with van der Waals surface area (Å²) in [6.45, 7) is 1.08. The standard InChI is InChI=1S/C13H19F3N2/c1-18(10-12-6-3-2-4-7-12)9-5-8-17-11-13(14,15)16/h2-4,6-7,17H,5,8-11H2,1H3. The Hall–Kier alpha value is -1.07. The molecule has 18 heavy (non-hydrogen) atoms. The van der Waals surface area contributed by atoms with E-state index in [0.717, 1.165) is 13.1 Å². The number of hydrogen-bond donors (Lipinski definition) is 1. The molecule has 1 rings (SSSR count). The molecule has 0 bridgehead atoms. The molecule has 1 aromatic carbocycles. The van der Waals surface area contributed by atoms with E-state index in [1.54, 1.807) is 0 Å². The van der Waals surface area contributed by atoms with Crippen molar-refractivity contribution >= 4 is 0 Å². The van der Waals surface area contributed by atoms with Crippen molar-refractivity contribution in [2.45, 2.75) is 19.1 Å². The molecule has 0 fully saturated rings. The van der Waals surface area contributed by atoms with E-state index in [1.807, 2.05) is 37.4 Å². The minimum absolute atomic E-state index is 0.388. The molecule has 0 aromatic heterocycles. The molecule has 2 nitrogen and oxygen atoms in total. The van der Waals surface area contributed by atoms with Gasteiger partial charge >= 0.3 is 6.18 Å². The van der Waals surface area contributed by atoms with E-state index in [0.29, 0.717) is 13.0 Å². The van der Waals surface area contributed by atoms with Crippen LogP contribution in [0.2, 0.25) is 0 Å². The highest BCUT2D eigenvalue weighted by Gasteiger charge is 2.25. The van der Waals surface area contributed by atoms with Gasteiger partial charge in [0.25, 0.3) is 0 Å². The lowest BCUT2D eigenvalue weighted by Gasteiger charge is -2.17. The lowest BCUT2D eigenvalue weighted by atomic mass is 10.2. The van der Waals surface area contributed by atoms with Gasteiger partial charge in [-0.15, -0.1) is 0 Å². The van der Waals surface area contributed by atoms with Gasteiger partial charge in [0.1, 0.15) is 0 Å². The van der Waals surface area contributed by atoms with Crippen LogP contribution >= 0.6 is 0 Å². The maximum atomic E-state index is 11.9. The fraction of sp³-hybridized carbons (Fsp3) is 0.538. The minimum Gasteiger partial charge on any atom is -0.309 e. The molecule has 0 aliphatic carbocycles. The third kappa shape index (κ3) is 7.29. The normalized spacial score (nSPS) is 12.1. The molecule has 1 aromatic rings. The predicted octanol–water partition coefficient (Wildman–Crippen LogP) is 2.66. The van der Waals surface area contributed by atoms with Crippen LogP contribution in [0.4, 0.5) is 13.2 Å². The van der Waals surface area contributed by atoms with Crippen molar-refractivity contribution in [1.82, 2.24) is 10.2 Å². The second-order valence-corrected chi connectivity index (χ2v) is 4.37. The average molecular weight is 260 g/mol. The summed E-state index contributed by atoms with van der Waals surface area (Å²) in [7, 11) is 1.97. The van der Waals surface area contributed by atoms with E-state index in [1.165, 1.54) is 5.56 Å². The summed E-state index contributed by atoms with van der Waals surface area (Å²) in [5, 5.41) is 2.39. The van der Waals surface area contributed by atoms with Gasteiger partial charge in [0, 0.05) is 6.54 Å². The van der Waals surface area contributed by atoms with Gasteiger partial charge in [-0.3, -0.25) is 0 Å². The van der Waals surface area contributed by atoms with Crippen LogP contribution in [-0.4, -0.2) is 37.8 Å². The molecule has 0 spiro atoms. The topological polar surface area (TPSA) is 15.3 Å². The number of alkyl halides is 3. The first-order valence-electron chi connectivity index (χ1n) is 5.97. The Kier molecular flexibility index (Phi) is 6.15. The average Bonchev–Trinajstić information content (AvgIpc) is 2.28. The Balaban J connectivity index is 2.09. The monoisotopic (exact) mass is 260 g/mol. The highest BCUT2D eigenvalue weighted by molar-refractivity contribution is 5.14. The molecular formula is C13H19F3N2. The van der Waals surface area contributed by atoms with E-state index >= 15 is 0 Å². The molecular weight excluding hydrogens is 241 g/mol.